The Kier molecular flexibility index (Phi) is 18.4. The number of hydrogen-bond acceptors (Lipinski definition) is 9. The highest BCUT2D eigenvalue weighted by Crippen LogP contribution is 2.33. The van der Waals surface area contributed by atoms with Crippen molar-refractivity contribution in [1.82, 2.24) is 36.9 Å². The van der Waals surface area contributed by atoms with Gasteiger partial charge in [-0.3, -0.25) is 24.2 Å². The Hall–Kier alpha value is -3.43. The van der Waals surface area contributed by atoms with Crippen LogP contribution in [0.5, 0.6) is 0 Å². The molecular weight excluding hydrogens is 747 g/mol. The third-order valence-electron chi connectivity index (χ3n) is 12.1. The molecule has 6 amide bonds. The number of urea groups is 1. The average Bonchev–Trinajstić information content (AvgIpc) is 3.75. The summed E-state index contributed by atoms with van der Waals surface area (Å²) in [5.74, 6) is -2.50. The molecule has 0 aromatic carbocycles. The summed E-state index contributed by atoms with van der Waals surface area (Å²) in [6.45, 7) is 11.3. The number of carbonyl (C=O) groups excluding carboxylic acids is 5. The van der Waals surface area contributed by atoms with Crippen LogP contribution in [0, 0.1) is 29.6 Å². The SMILES string of the molecule is CCC(C)[C@H](NC(=O)[C@H](C(C)C)[C@@H](O)[C@H](O)[C@H](CC1CCCCC1)NC(=O)[C@@H](NC(=O)CCCC[C@@H]1SC[C@@H]2NC(=O)N[C@@H]21)C(C)C)C(=O)NCc1ccccn1. The Bertz CT molecular complexity index is 1460. The Morgan fingerprint density at radius 2 is 1.61 bits per heavy atom. The van der Waals surface area contributed by atoms with Gasteiger partial charge in [-0.15, -0.1) is 0 Å². The van der Waals surface area contributed by atoms with Crippen LogP contribution in [0.2, 0.25) is 0 Å². The van der Waals surface area contributed by atoms with Crippen LogP contribution >= 0.6 is 11.8 Å². The molecule has 3 aliphatic rings. The third-order valence-corrected chi connectivity index (χ3v) is 13.6. The van der Waals surface area contributed by atoms with E-state index in [9.17, 15) is 34.2 Å². The zero-order valence-corrected chi connectivity index (χ0v) is 35.6. The van der Waals surface area contributed by atoms with Gasteiger partial charge in [0, 0.05) is 23.6 Å². The summed E-state index contributed by atoms with van der Waals surface area (Å²) in [4.78, 5) is 70.5. The first-order valence-electron chi connectivity index (χ1n) is 21.3. The fraction of sp³-hybridized carbons (Fsp3) is 0.762. The molecule has 320 valence electrons. The zero-order valence-electron chi connectivity index (χ0n) is 34.8. The second kappa shape index (κ2) is 22.6. The number of nitrogens with zero attached hydrogens (tertiary/aromatic N) is 1. The molecule has 1 aliphatic carbocycles. The molecule has 0 radical (unpaired) electrons. The number of carbonyl (C=O) groups is 5. The number of hydrogen-bond donors (Lipinski definition) is 8. The van der Waals surface area contributed by atoms with E-state index >= 15 is 0 Å². The van der Waals surface area contributed by atoms with Crippen LogP contribution < -0.4 is 31.9 Å². The van der Waals surface area contributed by atoms with Gasteiger partial charge < -0.3 is 42.1 Å². The standard InChI is InChI=1S/C42H69N7O7S/c1-7-26(6)35(40(54)44-22-28-17-13-14-20-43-28)48-39(53)33(24(2)3)38(52)37(51)29(21-27-15-9-8-10-16-27)45-41(55)34(25(4)5)47-32(50)19-12-11-18-31-36-30(23-57-31)46-42(56)49-36/h13-14,17,20,24-27,29-31,33-38,51-52H,7-12,15-16,18-19,21-23H2,1-6H3,(H,44,54)(H,45,55)(H,47,50)(H,48,53)(H2,46,49,56)/t26?,29-,30-,31-,33+,34-,35-,36-,37+,38+/m0/s1. The molecule has 10 atom stereocenters. The molecule has 15 heteroatoms. The van der Waals surface area contributed by atoms with Gasteiger partial charge in [-0.1, -0.05) is 92.6 Å². The van der Waals surface area contributed by atoms with Crippen molar-refractivity contribution in [3.63, 3.8) is 0 Å². The van der Waals surface area contributed by atoms with Gasteiger partial charge in [-0.05, 0) is 55.1 Å². The fourth-order valence-corrected chi connectivity index (χ4v) is 9.98. The number of aliphatic hydroxyl groups is 2. The molecule has 14 nitrogen and oxygen atoms in total. The molecule has 4 rings (SSSR count). The maximum absolute atomic E-state index is 14.0. The maximum atomic E-state index is 14.0. The van der Waals surface area contributed by atoms with Crippen LogP contribution in [0.15, 0.2) is 24.4 Å². The summed E-state index contributed by atoms with van der Waals surface area (Å²) < 4.78 is 0. The Balaban J connectivity index is 1.40. The van der Waals surface area contributed by atoms with E-state index in [0.717, 1.165) is 50.7 Å². The second-order valence-corrected chi connectivity index (χ2v) is 18.4. The lowest BCUT2D eigenvalue weighted by Crippen LogP contribution is -2.59. The van der Waals surface area contributed by atoms with Gasteiger partial charge in [0.05, 0.1) is 42.4 Å². The van der Waals surface area contributed by atoms with Crippen molar-refractivity contribution in [2.45, 2.75) is 166 Å². The molecule has 8 N–H and O–H groups in total. The normalized spacial score (nSPS) is 23.3. The smallest absolute Gasteiger partial charge is 0.315 e. The number of amides is 6. The van der Waals surface area contributed by atoms with Gasteiger partial charge in [0.2, 0.25) is 23.6 Å². The van der Waals surface area contributed by atoms with Crippen LogP contribution in [0.25, 0.3) is 0 Å². The van der Waals surface area contributed by atoms with Crippen molar-refractivity contribution in [3.05, 3.63) is 30.1 Å². The molecule has 1 aromatic heterocycles. The van der Waals surface area contributed by atoms with Crippen molar-refractivity contribution in [3.8, 4) is 0 Å². The van der Waals surface area contributed by atoms with Gasteiger partial charge in [0.25, 0.3) is 0 Å². The number of pyridine rings is 1. The maximum Gasteiger partial charge on any atom is 0.315 e. The Morgan fingerprint density at radius 3 is 2.26 bits per heavy atom. The van der Waals surface area contributed by atoms with Gasteiger partial charge in [-0.2, -0.15) is 11.8 Å². The number of fused-ring (bicyclic) bond motifs is 1. The minimum atomic E-state index is -1.55. The molecule has 2 aliphatic heterocycles. The number of nitrogens with one attached hydrogen (secondary N) is 6. The third kappa shape index (κ3) is 13.6. The van der Waals surface area contributed by atoms with Crippen molar-refractivity contribution >= 4 is 41.4 Å². The summed E-state index contributed by atoms with van der Waals surface area (Å²) in [6.07, 6.45) is 7.28. The van der Waals surface area contributed by atoms with Gasteiger partial charge in [0.15, 0.2) is 0 Å². The molecular formula is C42H69N7O7S. The van der Waals surface area contributed by atoms with Crippen LogP contribution in [0.1, 0.15) is 118 Å². The lowest BCUT2D eigenvalue weighted by atomic mass is 9.79. The molecule has 1 aromatic rings. The van der Waals surface area contributed by atoms with Crippen molar-refractivity contribution in [1.29, 1.82) is 0 Å². The number of aliphatic hydroxyl groups excluding tert-OH is 2. The summed E-state index contributed by atoms with van der Waals surface area (Å²) in [5, 5.41) is 41.7. The number of rotatable bonds is 22. The predicted molar refractivity (Wildman–Crippen MR) is 222 cm³/mol. The average molecular weight is 816 g/mol. The highest BCUT2D eigenvalue weighted by atomic mass is 32.2. The molecule has 2 saturated heterocycles. The van der Waals surface area contributed by atoms with E-state index in [1.807, 2.05) is 45.5 Å². The molecule has 1 saturated carbocycles. The fourth-order valence-electron chi connectivity index (χ4n) is 8.44. The lowest BCUT2D eigenvalue weighted by Gasteiger charge is -2.37. The summed E-state index contributed by atoms with van der Waals surface area (Å²) >= 11 is 1.84. The van der Waals surface area contributed by atoms with Crippen LogP contribution in [-0.4, -0.2) is 98.3 Å². The first-order chi connectivity index (χ1) is 27.2. The number of thioether (sulfide) groups is 1. The molecule has 3 fully saturated rings. The monoisotopic (exact) mass is 815 g/mol. The van der Waals surface area contributed by atoms with E-state index in [-0.39, 0.29) is 60.6 Å². The van der Waals surface area contributed by atoms with Crippen LogP contribution in [0.3, 0.4) is 0 Å². The minimum Gasteiger partial charge on any atom is -0.390 e. The molecule has 0 spiro atoms. The first-order valence-corrected chi connectivity index (χ1v) is 22.4. The quantitative estimate of drug-likeness (QED) is 0.0635. The Labute approximate surface area is 343 Å². The van der Waals surface area contributed by atoms with E-state index in [4.69, 9.17) is 0 Å². The summed E-state index contributed by atoms with van der Waals surface area (Å²) in [7, 11) is 0. The van der Waals surface area contributed by atoms with Crippen molar-refractivity contribution in [2.24, 2.45) is 29.6 Å². The van der Waals surface area contributed by atoms with Gasteiger partial charge >= 0.3 is 6.03 Å². The van der Waals surface area contributed by atoms with Gasteiger partial charge in [-0.25, -0.2) is 4.79 Å². The lowest BCUT2D eigenvalue weighted by molar-refractivity contribution is -0.141. The zero-order chi connectivity index (χ0) is 41.6. The van der Waals surface area contributed by atoms with E-state index in [1.165, 1.54) is 0 Å². The summed E-state index contributed by atoms with van der Waals surface area (Å²) in [6, 6.07) is 2.93. The van der Waals surface area contributed by atoms with Crippen molar-refractivity contribution in [2.75, 3.05) is 5.75 Å². The van der Waals surface area contributed by atoms with Gasteiger partial charge in [0.1, 0.15) is 18.2 Å². The summed E-state index contributed by atoms with van der Waals surface area (Å²) in [5.41, 5.74) is 0.677. The molecule has 57 heavy (non-hydrogen) atoms. The van der Waals surface area contributed by atoms with E-state index in [1.54, 1.807) is 32.2 Å². The largest absolute Gasteiger partial charge is 0.390 e. The van der Waals surface area contributed by atoms with Crippen LogP contribution in [0.4, 0.5) is 4.79 Å². The number of unbranched alkanes of at least 4 members (excludes halogenated alkanes) is 1. The molecule has 3 heterocycles. The topological polar surface area (TPSA) is 211 Å². The van der Waals surface area contributed by atoms with Crippen LogP contribution in [-0.2, 0) is 25.7 Å². The highest BCUT2D eigenvalue weighted by Gasteiger charge is 2.43. The minimum absolute atomic E-state index is 0.113. The molecule has 1 unspecified atom stereocenters. The van der Waals surface area contributed by atoms with E-state index < -0.39 is 54.0 Å². The number of aromatic nitrogens is 1. The van der Waals surface area contributed by atoms with Crippen molar-refractivity contribution < 1.29 is 34.2 Å². The predicted octanol–water partition coefficient (Wildman–Crippen LogP) is 3.54. The Morgan fingerprint density at radius 1 is 0.877 bits per heavy atom. The highest BCUT2D eigenvalue weighted by molar-refractivity contribution is 8.00. The molecule has 0 bridgehead atoms. The van der Waals surface area contributed by atoms with E-state index in [2.05, 4.69) is 36.9 Å². The van der Waals surface area contributed by atoms with E-state index in [0.29, 0.717) is 30.2 Å². The first kappa shape index (κ1) is 46.3. The second-order valence-electron chi connectivity index (χ2n) is 17.2.